The number of hydrogen-bond acceptors (Lipinski definition) is 3. The first-order valence-electron chi connectivity index (χ1n) is 4.95. The number of aliphatic hydroxyl groups excluding tert-OH is 1. The standard InChI is InChI=1S/C8H13F6NO3S/c1-4(2)3-19(17)15-6(7(10,11)12)18-8(13,14)5(9)16/h4-6,15-16H,3H2,1-2H3/t5-,6+,19?/m1/s1. The summed E-state index contributed by atoms with van der Waals surface area (Å²) in [5.41, 5.74) is 0. The van der Waals surface area contributed by atoms with Gasteiger partial charge in [0.1, 0.15) is 0 Å². The van der Waals surface area contributed by atoms with Crippen LogP contribution in [0.5, 0.6) is 0 Å². The molecule has 0 aliphatic heterocycles. The van der Waals surface area contributed by atoms with Crippen LogP contribution >= 0.6 is 0 Å². The van der Waals surface area contributed by atoms with Gasteiger partial charge in [0.05, 0.1) is 11.0 Å². The molecular weight excluding hydrogens is 304 g/mol. The number of hydrogen-bond donors (Lipinski definition) is 2. The maximum atomic E-state index is 12.6. The molecule has 0 radical (unpaired) electrons. The lowest BCUT2D eigenvalue weighted by Crippen LogP contribution is -2.51. The number of nitrogens with one attached hydrogen (secondary N) is 1. The van der Waals surface area contributed by atoms with E-state index in [9.17, 15) is 30.6 Å². The highest BCUT2D eigenvalue weighted by Crippen LogP contribution is 2.30. The number of alkyl halides is 6. The van der Waals surface area contributed by atoms with E-state index in [1.807, 2.05) is 0 Å². The first-order chi connectivity index (χ1) is 8.36. The van der Waals surface area contributed by atoms with E-state index in [1.54, 1.807) is 13.8 Å². The molecule has 0 heterocycles. The number of ether oxygens (including phenoxy) is 1. The zero-order valence-corrected chi connectivity index (χ0v) is 10.7. The van der Waals surface area contributed by atoms with Crippen molar-refractivity contribution in [2.24, 2.45) is 5.92 Å². The summed E-state index contributed by atoms with van der Waals surface area (Å²) in [6.45, 7) is 3.09. The highest BCUT2D eigenvalue weighted by atomic mass is 32.2. The van der Waals surface area contributed by atoms with Crippen LogP contribution in [-0.4, -0.2) is 39.9 Å². The first-order valence-corrected chi connectivity index (χ1v) is 6.27. The monoisotopic (exact) mass is 317 g/mol. The molecule has 4 nitrogen and oxygen atoms in total. The van der Waals surface area contributed by atoms with Crippen molar-refractivity contribution < 1.29 is 40.4 Å². The van der Waals surface area contributed by atoms with E-state index >= 15 is 0 Å². The molecule has 116 valence electrons. The van der Waals surface area contributed by atoms with Gasteiger partial charge in [0, 0.05) is 5.75 Å². The van der Waals surface area contributed by atoms with Gasteiger partial charge in [-0.1, -0.05) is 13.8 Å². The number of aliphatic hydroxyl groups is 1. The molecule has 0 aromatic rings. The lowest BCUT2D eigenvalue weighted by atomic mass is 10.3. The van der Waals surface area contributed by atoms with Crippen LogP contribution in [0.25, 0.3) is 0 Å². The van der Waals surface area contributed by atoms with Crippen LogP contribution in [0.15, 0.2) is 0 Å². The van der Waals surface area contributed by atoms with Crippen LogP contribution in [0, 0.1) is 5.92 Å². The van der Waals surface area contributed by atoms with Gasteiger partial charge in [0.2, 0.25) is 6.23 Å². The van der Waals surface area contributed by atoms with Gasteiger partial charge >= 0.3 is 12.3 Å². The molecule has 0 fully saturated rings. The summed E-state index contributed by atoms with van der Waals surface area (Å²) in [6, 6.07) is 0. The average Bonchev–Trinajstić information content (AvgIpc) is 2.12. The van der Waals surface area contributed by atoms with E-state index < -0.39 is 35.9 Å². The summed E-state index contributed by atoms with van der Waals surface area (Å²) in [7, 11) is -2.31. The fourth-order valence-corrected chi connectivity index (χ4v) is 1.96. The lowest BCUT2D eigenvalue weighted by molar-refractivity contribution is -0.371. The second-order valence-corrected chi connectivity index (χ2v) is 5.22. The van der Waals surface area contributed by atoms with Gasteiger partial charge in [-0.25, -0.2) is 13.3 Å². The SMILES string of the molecule is CC(C)CS(=O)N[C@@H](OC(F)(F)[C@@H](O)F)C(F)(F)F. The predicted molar refractivity (Wildman–Crippen MR) is 54.0 cm³/mol. The summed E-state index contributed by atoms with van der Waals surface area (Å²) in [6.07, 6.45) is -17.7. The molecule has 11 heteroatoms. The third kappa shape index (κ3) is 7.09. The van der Waals surface area contributed by atoms with Gasteiger partial charge in [-0.2, -0.15) is 22.0 Å². The molecule has 0 aromatic heterocycles. The molecule has 0 aromatic carbocycles. The Morgan fingerprint density at radius 2 is 1.74 bits per heavy atom. The van der Waals surface area contributed by atoms with Gasteiger partial charge in [-0.15, -0.1) is 0 Å². The van der Waals surface area contributed by atoms with E-state index in [0.717, 1.165) is 0 Å². The molecule has 0 aliphatic rings. The first kappa shape index (κ1) is 18.6. The third-order valence-electron chi connectivity index (χ3n) is 1.57. The van der Waals surface area contributed by atoms with E-state index in [4.69, 9.17) is 5.11 Å². The molecule has 0 rings (SSSR count). The molecule has 0 saturated carbocycles. The fraction of sp³-hybridized carbons (Fsp3) is 1.00. The predicted octanol–water partition coefficient (Wildman–Crippen LogP) is 1.68. The van der Waals surface area contributed by atoms with E-state index in [0.29, 0.717) is 0 Å². The van der Waals surface area contributed by atoms with Crippen molar-refractivity contribution in [3.63, 3.8) is 0 Å². The zero-order chi connectivity index (χ0) is 15.4. The summed E-state index contributed by atoms with van der Waals surface area (Å²) in [5.74, 6) is -0.519. The largest absolute Gasteiger partial charge is 0.429 e. The summed E-state index contributed by atoms with van der Waals surface area (Å²) >= 11 is 0. The summed E-state index contributed by atoms with van der Waals surface area (Å²) in [5, 5.41) is 7.96. The minimum absolute atomic E-state index is 0.250. The van der Waals surface area contributed by atoms with Crippen LogP contribution in [-0.2, 0) is 15.7 Å². The van der Waals surface area contributed by atoms with Crippen molar-refractivity contribution in [3.8, 4) is 0 Å². The van der Waals surface area contributed by atoms with Crippen molar-refractivity contribution in [1.82, 2.24) is 4.72 Å². The van der Waals surface area contributed by atoms with Crippen molar-refractivity contribution in [1.29, 1.82) is 0 Å². The normalized spacial score (nSPS) is 18.4. The van der Waals surface area contributed by atoms with Crippen LogP contribution < -0.4 is 4.72 Å². The lowest BCUT2D eigenvalue weighted by Gasteiger charge is -2.26. The molecule has 0 aliphatic carbocycles. The average molecular weight is 317 g/mol. The quantitative estimate of drug-likeness (QED) is 0.555. The van der Waals surface area contributed by atoms with E-state index in [-0.39, 0.29) is 11.7 Å². The highest BCUT2D eigenvalue weighted by molar-refractivity contribution is 7.83. The molecule has 0 saturated heterocycles. The van der Waals surface area contributed by atoms with Crippen LogP contribution in [0.3, 0.4) is 0 Å². The Hall–Kier alpha value is -0.390. The maximum absolute atomic E-state index is 12.6. The molecule has 19 heavy (non-hydrogen) atoms. The topological polar surface area (TPSA) is 58.6 Å². The van der Waals surface area contributed by atoms with Gasteiger partial charge < -0.3 is 5.11 Å². The maximum Gasteiger partial charge on any atom is 0.429 e. The van der Waals surface area contributed by atoms with Gasteiger partial charge in [0.25, 0.3) is 6.36 Å². The van der Waals surface area contributed by atoms with E-state index in [1.165, 1.54) is 4.72 Å². The Bertz CT molecular complexity index is 309. The molecule has 2 N–H and O–H groups in total. The molecule has 0 amide bonds. The number of halogens is 6. The van der Waals surface area contributed by atoms with Crippen molar-refractivity contribution in [3.05, 3.63) is 0 Å². The van der Waals surface area contributed by atoms with E-state index in [2.05, 4.69) is 4.74 Å². The summed E-state index contributed by atoms with van der Waals surface area (Å²) < 4.78 is 89.7. The third-order valence-corrected chi connectivity index (χ3v) is 3.02. The summed E-state index contributed by atoms with van der Waals surface area (Å²) in [4.78, 5) is 0. The zero-order valence-electron chi connectivity index (χ0n) is 9.88. The Labute approximate surface area is 107 Å². The van der Waals surface area contributed by atoms with Crippen LogP contribution in [0.1, 0.15) is 13.8 Å². The van der Waals surface area contributed by atoms with Crippen molar-refractivity contribution >= 4 is 11.0 Å². The Kier molecular flexibility index (Phi) is 6.72. The minimum Gasteiger partial charge on any atom is -0.357 e. The van der Waals surface area contributed by atoms with Gasteiger partial charge in [-0.3, -0.25) is 4.74 Å². The molecule has 1 unspecified atom stereocenters. The van der Waals surface area contributed by atoms with Crippen molar-refractivity contribution in [2.45, 2.75) is 38.7 Å². The highest BCUT2D eigenvalue weighted by Gasteiger charge is 2.51. The van der Waals surface area contributed by atoms with Crippen LogP contribution in [0.4, 0.5) is 26.3 Å². The molecule has 0 bridgehead atoms. The molecular formula is C8H13F6NO3S. The minimum atomic E-state index is -5.36. The van der Waals surface area contributed by atoms with Crippen LogP contribution in [0.2, 0.25) is 0 Å². The fourth-order valence-electron chi connectivity index (χ4n) is 0.841. The Balaban J connectivity index is 4.81. The van der Waals surface area contributed by atoms with Gasteiger partial charge in [-0.05, 0) is 5.92 Å². The Morgan fingerprint density at radius 1 is 1.26 bits per heavy atom. The van der Waals surface area contributed by atoms with Gasteiger partial charge in [0.15, 0.2) is 0 Å². The Morgan fingerprint density at radius 3 is 2.05 bits per heavy atom. The second kappa shape index (κ2) is 6.86. The second-order valence-electron chi connectivity index (χ2n) is 3.96. The molecule has 0 spiro atoms. The van der Waals surface area contributed by atoms with Crippen molar-refractivity contribution in [2.75, 3.05) is 5.75 Å². The smallest absolute Gasteiger partial charge is 0.357 e. The molecule has 3 atom stereocenters. The number of rotatable bonds is 7.